The molecule has 0 N–H and O–H groups in total. The first-order valence-corrected chi connectivity index (χ1v) is 8.61. The Labute approximate surface area is 351 Å². The molecule has 0 unspecified atom stereocenters. The summed E-state index contributed by atoms with van der Waals surface area (Å²) in [7, 11) is 0. The molecule has 1 aliphatic heterocycles. The summed E-state index contributed by atoms with van der Waals surface area (Å²) in [6.45, 7) is 12.8. The first kappa shape index (κ1) is 36.2. The maximum atomic E-state index is 12.6. The van der Waals surface area contributed by atoms with Gasteiger partial charge in [0.2, 0.25) is 0 Å². The van der Waals surface area contributed by atoms with Crippen molar-refractivity contribution in [3.63, 3.8) is 0 Å². The van der Waals surface area contributed by atoms with Crippen LogP contribution >= 0.6 is 0 Å². The van der Waals surface area contributed by atoms with Crippen LogP contribution in [0.2, 0.25) is 0 Å². The molecule has 0 aromatic carbocycles. The Bertz CT molecular complexity index is 340. The van der Waals surface area contributed by atoms with Crippen molar-refractivity contribution in [1.82, 2.24) is 4.90 Å². The first-order valence-electron chi connectivity index (χ1n) is 8.61. The van der Waals surface area contributed by atoms with Gasteiger partial charge in [0.25, 0.3) is 0 Å². The number of hydrogen-bond donors (Lipinski definition) is 0. The van der Waals surface area contributed by atoms with Crippen molar-refractivity contribution in [2.24, 2.45) is 17.8 Å². The molecule has 2 aliphatic rings. The molecule has 0 atom stereocenters. The van der Waals surface area contributed by atoms with E-state index >= 15 is 0 Å². The van der Waals surface area contributed by atoms with E-state index in [-0.39, 0.29) is 251 Å². The van der Waals surface area contributed by atoms with Crippen LogP contribution in [0.5, 0.6) is 0 Å². The third-order valence-electron chi connectivity index (χ3n) is 4.91. The van der Waals surface area contributed by atoms with E-state index in [4.69, 9.17) is 4.74 Å². The summed E-state index contributed by atoms with van der Waals surface area (Å²) in [5.41, 5.74) is 0. The van der Waals surface area contributed by atoms with Crippen molar-refractivity contribution in [3.05, 3.63) is 13.1 Å². The van der Waals surface area contributed by atoms with Gasteiger partial charge in [0.15, 0.2) is 5.91 Å². The average Bonchev–Trinajstić information content (AvgIpc) is 2.47. The second kappa shape index (κ2) is 20.1. The fourth-order valence-corrected chi connectivity index (χ4v) is 3.55. The fourth-order valence-electron chi connectivity index (χ4n) is 3.55. The van der Waals surface area contributed by atoms with Gasteiger partial charge in [0, 0.05) is 12.0 Å². The van der Waals surface area contributed by atoms with Crippen LogP contribution in [0.15, 0.2) is 0 Å². The molecule has 1 amide bonds. The van der Waals surface area contributed by atoms with Crippen LogP contribution in [0.4, 0.5) is 0 Å². The molecular formula is C18H31NO2Rb4+2. The van der Waals surface area contributed by atoms with Crippen LogP contribution < -0.4 is 233 Å². The Hall–Kier alpha value is 6.65. The van der Waals surface area contributed by atoms with Gasteiger partial charge in [-0.05, 0) is 51.4 Å². The SMILES string of the molecule is CC(C)OC1C[CH-]N(C(=O)C2CCC(C(C)C)CC2)[CH-]C1.[Rb+].[Rb+].[Rb+].[Rb+]. The molecule has 1 saturated heterocycles. The van der Waals surface area contributed by atoms with Gasteiger partial charge in [-0.3, -0.25) is 17.9 Å². The maximum absolute atomic E-state index is 12.6. The van der Waals surface area contributed by atoms with Gasteiger partial charge in [-0.15, -0.1) is 12.8 Å². The molecule has 0 radical (unpaired) electrons. The molecule has 0 aromatic heterocycles. The number of piperidine rings is 1. The average molecular weight is 635 g/mol. The Morgan fingerprint density at radius 3 is 1.80 bits per heavy atom. The minimum absolute atomic E-state index is 0. The monoisotopic (exact) mass is 633 g/mol. The summed E-state index contributed by atoms with van der Waals surface area (Å²) in [5, 5.41) is 0. The number of likely N-dealkylation sites (tertiary alicyclic amines) is 1. The Morgan fingerprint density at radius 1 is 0.920 bits per heavy atom. The van der Waals surface area contributed by atoms with E-state index in [1.165, 1.54) is 12.8 Å². The minimum Gasteiger partial charge on any atom is -0.636 e. The number of carbonyl (C=O) groups excluding carboxylic acids is 1. The van der Waals surface area contributed by atoms with Crippen molar-refractivity contribution in [2.75, 3.05) is 0 Å². The van der Waals surface area contributed by atoms with Crippen molar-refractivity contribution in [3.8, 4) is 0 Å². The molecule has 1 saturated carbocycles. The molecule has 3 nitrogen and oxygen atoms in total. The van der Waals surface area contributed by atoms with Gasteiger partial charge < -0.3 is 9.64 Å². The molecule has 2 rings (SSSR count). The minimum atomic E-state index is 0. The van der Waals surface area contributed by atoms with Gasteiger partial charge >= 0.3 is 233 Å². The predicted molar refractivity (Wildman–Crippen MR) is 85.0 cm³/mol. The van der Waals surface area contributed by atoms with Crippen molar-refractivity contribution < 1.29 is 242 Å². The number of hydrogen-bond acceptors (Lipinski definition) is 2. The van der Waals surface area contributed by atoms with E-state index in [0.717, 1.165) is 37.5 Å². The van der Waals surface area contributed by atoms with Crippen LogP contribution in [-0.4, -0.2) is 23.0 Å². The quantitative estimate of drug-likeness (QED) is 0.288. The standard InChI is InChI=1S/C18H31NO2.4Rb/c1-13(2)15-5-7-16(8-6-15)18(20)19-11-9-17(10-12-19)21-14(3)4;;;;/h11-17H,5-10H2,1-4H3;;;;/q-2;4*+1. The second-order valence-electron chi connectivity index (χ2n) is 7.24. The van der Waals surface area contributed by atoms with Gasteiger partial charge in [-0.2, -0.15) is 0 Å². The van der Waals surface area contributed by atoms with Crippen molar-refractivity contribution in [2.45, 2.75) is 78.4 Å². The van der Waals surface area contributed by atoms with Gasteiger partial charge in [0.05, 0.1) is 6.10 Å². The second-order valence-corrected chi connectivity index (χ2v) is 7.24. The summed E-state index contributed by atoms with van der Waals surface area (Å²) >= 11 is 0. The largest absolute Gasteiger partial charge is 1.00 e. The molecule has 2 fully saturated rings. The number of amides is 1. The molecule has 25 heavy (non-hydrogen) atoms. The molecule has 122 valence electrons. The van der Waals surface area contributed by atoms with E-state index in [1.807, 2.05) is 18.0 Å². The number of rotatable bonds is 4. The van der Waals surface area contributed by atoms with E-state index in [9.17, 15) is 4.79 Å². The zero-order valence-corrected chi connectivity index (χ0v) is 37.7. The Balaban J connectivity index is -0.00000121. The van der Waals surface area contributed by atoms with Gasteiger partial charge in [0.1, 0.15) is 0 Å². The van der Waals surface area contributed by atoms with Crippen LogP contribution in [0.3, 0.4) is 0 Å². The molecule has 0 aromatic rings. The van der Waals surface area contributed by atoms with Crippen molar-refractivity contribution in [1.29, 1.82) is 0 Å². The smallest absolute Gasteiger partial charge is 0.636 e. The first-order chi connectivity index (χ1) is 9.97. The normalized spacial score (nSPS) is 23.8. The molecule has 0 spiro atoms. The third kappa shape index (κ3) is 13.8. The Morgan fingerprint density at radius 2 is 1.40 bits per heavy atom. The van der Waals surface area contributed by atoms with Crippen LogP contribution in [0.1, 0.15) is 66.2 Å². The number of nitrogens with zero attached hydrogens (tertiary/aromatic N) is 1. The molecule has 1 heterocycles. The van der Waals surface area contributed by atoms with Crippen molar-refractivity contribution >= 4 is 5.91 Å². The van der Waals surface area contributed by atoms with Crippen LogP contribution in [0.25, 0.3) is 0 Å². The predicted octanol–water partition coefficient (Wildman–Crippen LogP) is -7.80. The summed E-state index contributed by atoms with van der Waals surface area (Å²) in [5.74, 6) is 2.10. The molecule has 7 heteroatoms. The summed E-state index contributed by atoms with van der Waals surface area (Å²) in [4.78, 5) is 14.4. The van der Waals surface area contributed by atoms with E-state index in [0.29, 0.717) is 5.91 Å². The van der Waals surface area contributed by atoms with Crippen LogP contribution in [-0.2, 0) is 9.53 Å². The molecular weight excluding hydrogens is 604 g/mol. The zero-order valence-electron chi connectivity index (χ0n) is 18.0. The van der Waals surface area contributed by atoms with E-state index < -0.39 is 0 Å². The number of carbonyl (C=O) groups is 1. The van der Waals surface area contributed by atoms with E-state index in [1.54, 1.807) is 0 Å². The van der Waals surface area contributed by atoms with E-state index in [2.05, 4.69) is 27.7 Å². The summed E-state index contributed by atoms with van der Waals surface area (Å²) in [6, 6.07) is 0. The Kier molecular flexibility index (Phi) is 29.1. The zero-order chi connectivity index (χ0) is 15.4. The summed E-state index contributed by atoms with van der Waals surface area (Å²) in [6.07, 6.45) is 6.74. The molecule has 0 bridgehead atoms. The fraction of sp³-hybridized carbons (Fsp3) is 0.833. The maximum Gasteiger partial charge on any atom is 1.00 e. The summed E-state index contributed by atoms with van der Waals surface area (Å²) < 4.78 is 5.80. The molecule has 1 aliphatic carbocycles. The van der Waals surface area contributed by atoms with Crippen LogP contribution in [0, 0.1) is 30.8 Å². The van der Waals surface area contributed by atoms with Gasteiger partial charge in [-0.1, -0.05) is 13.8 Å². The van der Waals surface area contributed by atoms with Gasteiger partial charge in [-0.25, -0.2) is 0 Å². The third-order valence-corrected chi connectivity index (χ3v) is 4.91. The topological polar surface area (TPSA) is 29.5 Å². The number of ether oxygens (including phenoxy) is 1.